The minimum atomic E-state index is -0.378. The molecular formula is C10H19NO2. The van der Waals surface area contributed by atoms with Crippen LogP contribution in [0.15, 0.2) is 0 Å². The Morgan fingerprint density at radius 1 is 1.31 bits per heavy atom. The van der Waals surface area contributed by atoms with E-state index in [0.29, 0.717) is 0 Å². The van der Waals surface area contributed by atoms with Crippen LogP contribution in [0.2, 0.25) is 0 Å². The molecule has 0 aromatic rings. The first-order chi connectivity index (χ1) is 5.70. The van der Waals surface area contributed by atoms with E-state index < -0.39 is 0 Å². The monoisotopic (exact) mass is 185 g/mol. The molecule has 1 fully saturated rings. The van der Waals surface area contributed by atoms with Crippen LogP contribution in [0, 0.1) is 5.41 Å². The highest BCUT2D eigenvalue weighted by Crippen LogP contribution is 2.29. The van der Waals surface area contributed by atoms with Crippen molar-refractivity contribution in [3.63, 3.8) is 0 Å². The van der Waals surface area contributed by atoms with Crippen molar-refractivity contribution in [2.45, 2.75) is 40.2 Å². The summed E-state index contributed by atoms with van der Waals surface area (Å²) in [5.74, 6) is 0. The van der Waals surface area contributed by atoms with Gasteiger partial charge in [0.25, 0.3) is 0 Å². The molecule has 0 aliphatic carbocycles. The van der Waals surface area contributed by atoms with E-state index in [9.17, 15) is 4.79 Å². The molecule has 0 saturated carbocycles. The molecule has 1 saturated heterocycles. The first-order valence-electron chi connectivity index (χ1n) is 4.68. The lowest BCUT2D eigenvalue weighted by Crippen LogP contribution is -2.56. The first-order valence-corrected chi connectivity index (χ1v) is 4.68. The standard InChI is InChI=1S/C10H19NO2/c1-9(2,3)13-8(12)11-6-10(4,5)7-11/h6-7H2,1-5H3. The van der Waals surface area contributed by atoms with Gasteiger partial charge < -0.3 is 9.64 Å². The molecule has 1 aliphatic rings. The molecule has 1 heterocycles. The quantitative estimate of drug-likeness (QED) is 0.579. The Morgan fingerprint density at radius 2 is 1.77 bits per heavy atom. The third-order valence-corrected chi connectivity index (χ3v) is 1.89. The molecular weight excluding hydrogens is 166 g/mol. The number of hydrogen-bond acceptors (Lipinski definition) is 2. The molecule has 0 bridgehead atoms. The van der Waals surface area contributed by atoms with Crippen LogP contribution in [0.25, 0.3) is 0 Å². The number of ether oxygens (including phenoxy) is 1. The summed E-state index contributed by atoms with van der Waals surface area (Å²) < 4.78 is 5.22. The summed E-state index contributed by atoms with van der Waals surface area (Å²) in [4.78, 5) is 13.2. The number of amides is 1. The highest BCUT2D eigenvalue weighted by Gasteiger charge is 2.39. The third-order valence-electron chi connectivity index (χ3n) is 1.89. The fourth-order valence-corrected chi connectivity index (χ4v) is 1.44. The van der Waals surface area contributed by atoms with Crippen molar-refractivity contribution < 1.29 is 9.53 Å². The summed E-state index contributed by atoms with van der Waals surface area (Å²) in [6.07, 6.45) is -0.188. The zero-order chi connectivity index (χ0) is 10.3. The summed E-state index contributed by atoms with van der Waals surface area (Å²) in [6.45, 7) is 11.6. The van der Waals surface area contributed by atoms with Gasteiger partial charge in [0.05, 0.1) is 0 Å². The molecule has 3 heteroatoms. The van der Waals surface area contributed by atoms with E-state index in [0.717, 1.165) is 13.1 Å². The summed E-state index contributed by atoms with van der Waals surface area (Å²) >= 11 is 0. The van der Waals surface area contributed by atoms with Gasteiger partial charge in [-0.3, -0.25) is 0 Å². The summed E-state index contributed by atoms with van der Waals surface area (Å²) in [5.41, 5.74) is -0.103. The Bertz CT molecular complexity index is 207. The zero-order valence-corrected chi connectivity index (χ0v) is 9.18. The minimum Gasteiger partial charge on any atom is -0.444 e. The molecule has 0 unspecified atom stereocenters. The van der Waals surface area contributed by atoms with E-state index in [1.165, 1.54) is 0 Å². The van der Waals surface area contributed by atoms with Crippen LogP contribution in [0.4, 0.5) is 4.79 Å². The fourth-order valence-electron chi connectivity index (χ4n) is 1.44. The second-order valence-corrected chi connectivity index (χ2v) is 5.50. The van der Waals surface area contributed by atoms with Crippen molar-refractivity contribution in [2.24, 2.45) is 5.41 Å². The first kappa shape index (κ1) is 10.4. The van der Waals surface area contributed by atoms with Crippen molar-refractivity contribution >= 4 is 6.09 Å². The Hall–Kier alpha value is -0.730. The Morgan fingerprint density at radius 3 is 2.08 bits per heavy atom. The van der Waals surface area contributed by atoms with Gasteiger partial charge in [-0.15, -0.1) is 0 Å². The maximum Gasteiger partial charge on any atom is 0.410 e. The van der Waals surface area contributed by atoms with Gasteiger partial charge in [0, 0.05) is 18.5 Å². The lowest BCUT2D eigenvalue weighted by Gasteiger charge is -2.45. The number of nitrogens with zero attached hydrogens (tertiary/aromatic N) is 1. The molecule has 0 N–H and O–H groups in total. The highest BCUT2D eigenvalue weighted by molar-refractivity contribution is 5.69. The van der Waals surface area contributed by atoms with Crippen molar-refractivity contribution in [3.8, 4) is 0 Å². The third kappa shape index (κ3) is 2.90. The Labute approximate surface area is 80.1 Å². The van der Waals surface area contributed by atoms with Gasteiger partial charge in [-0.05, 0) is 20.8 Å². The van der Waals surface area contributed by atoms with Gasteiger partial charge in [-0.2, -0.15) is 0 Å². The van der Waals surface area contributed by atoms with E-state index in [1.54, 1.807) is 4.90 Å². The lowest BCUT2D eigenvalue weighted by atomic mass is 9.85. The van der Waals surface area contributed by atoms with Gasteiger partial charge in [0.15, 0.2) is 0 Å². The van der Waals surface area contributed by atoms with Crippen molar-refractivity contribution in [1.82, 2.24) is 4.90 Å². The van der Waals surface area contributed by atoms with Crippen molar-refractivity contribution in [1.29, 1.82) is 0 Å². The molecule has 76 valence electrons. The topological polar surface area (TPSA) is 29.5 Å². The summed E-state index contributed by atoms with van der Waals surface area (Å²) in [5, 5.41) is 0. The van der Waals surface area contributed by atoms with Crippen LogP contribution in [0.1, 0.15) is 34.6 Å². The van der Waals surface area contributed by atoms with E-state index in [-0.39, 0.29) is 17.1 Å². The van der Waals surface area contributed by atoms with Gasteiger partial charge in [0.1, 0.15) is 5.60 Å². The van der Waals surface area contributed by atoms with Crippen LogP contribution in [0.3, 0.4) is 0 Å². The van der Waals surface area contributed by atoms with Crippen LogP contribution in [-0.2, 0) is 4.74 Å². The molecule has 0 aromatic carbocycles. The molecule has 3 nitrogen and oxygen atoms in total. The Balaban J connectivity index is 2.36. The number of likely N-dealkylation sites (tertiary alicyclic amines) is 1. The second-order valence-electron chi connectivity index (χ2n) is 5.50. The normalized spacial score (nSPS) is 20.8. The zero-order valence-electron chi connectivity index (χ0n) is 9.18. The molecule has 1 rings (SSSR count). The van der Waals surface area contributed by atoms with Crippen molar-refractivity contribution in [3.05, 3.63) is 0 Å². The number of hydrogen-bond donors (Lipinski definition) is 0. The predicted molar refractivity (Wildman–Crippen MR) is 51.6 cm³/mol. The number of rotatable bonds is 0. The second kappa shape index (κ2) is 2.89. The fraction of sp³-hybridized carbons (Fsp3) is 0.900. The molecule has 0 radical (unpaired) electrons. The number of carbonyl (C=O) groups excluding carboxylic acids is 1. The highest BCUT2D eigenvalue weighted by atomic mass is 16.6. The van der Waals surface area contributed by atoms with E-state index in [1.807, 2.05) is 20.8 Å². The van der Waals surface area contributed by atoms with Crippen LogP contribution >= 0.6 is 0 Å². The van der Waals surface area contributed by atoms with Crippen LogP contribution in [-0.4, -0.2) is 29.7 Å². The average molecular weight is 185 g/mol. The predicted octanol–water partition coefficient (Wildman–Crippen LogP) is 2.26. The molecule has 0 aromatic heterocycles. The smallest absolute Gasteiger partial charge is 0.410 e. The average Bonchev–Trinajstić information content (AvgIpc) is 1.77. The maximum absolute atomic E-state index is 11.4. The molecule has 1 aliphatic heterocycles. The summed E-state index contributed by atoms with van der Waals surface area (Å²) in [7, 11) is 0. The SMILES string of the molecule is CC1(C)CN(C(=O)OC(C)(C)C)C1. The van der Waals surface area contributed by atoms with Crippen molar-refractivity contribution in [2.75, 3.05) is 13.1 Å². The maximum atomic E-state index is 11.4. The summed E-state index contributed by atoms with van der Waals surface area (Å²) in [6, 6.07) is 0. The van der Waals surface area contributed by atoms with Crippen LogP contribution in [0.5, 0.6) is 0 Å². The van der Waals surface area contributed by atoms with Gasteiger partial charge in [-0.25, -0.2) is 4.79 Å². The minimum absolute atomic E-state index is 0.188. The molecule has 13 heavy (non-hydrogen) atoms. The molecule has 0 atom stereocenters. The van der Waals surface area contributed by atoms with E-state index in [4.69, 9.17) is 4.74 Å². The van der Waals surface area contributed by atoms with Gasteiger partial charge >= 0.3 is 6.09 Å². The van der Waals surface area contributed by atoms with E-state index >= 15 is 0 Å². The largest absolute Gasteiger partial charge is 0.444 e. The molecule has 0 spiro atoms. The molecule has 1 amide bonds. The van der Waals surface area contributed by atoms with Crippen LogP contribution < -0.4 is 0 Å². The Kier molecular flexibility index (Phi) is 2.30. The van der Waals surface area contributed by atoms with E-state index in [2.05, 4.69) is 13.8 Å². The number of carbonyl (C=O) groups is 1. The van der Waals surface area contributed by atoms with Gasteiger partial charge in [-0.1, -0.05) is 13.8 Å². The lowest BCUT2D eigenvalue weighted by molar-refractivity contribution is -0.0218. The van der Waals surface area contributed by atoms with Gasteiger partial charge in [0.2, 0.25) is 0 Å².